The fourth-order valence-electron chi connectivity index (χ4n) is 5.07. The Balaban J connectivity index is 1.19. The molecule has 0 atom stereocenters. The predicted octanol–water partition coefficient (Wildman–Crippen LogP) is 5.06. The third-order valence-corrected chi connectivity index (χ3v) is 8.04. The number of carbonyl (C=O) groups is 1. The fourth-order valence-corrected chi connectivity index (χ4v) is 5.93. The molecule has 0 unspecified atom stereocenters. The van der Waals surface area contributed by atoms with E-state index in [9.17, 15) is 14.9 Å². The molecule has 0 saturated carbocycles. The van der Waals surface area contributed by atoms with Gasteiger partial charge in [-0.3, -0.25) is 14.9 Å². The van der Waals surface area contributed by atoms with Crippen LogP contribution in [-0.2, 0) is 0 Å². The van der Waals surface area contributed by atoms with Gasteiger partial charge in [-0.25, -0.2) is 4.98 Å². The topological polar surface area (TPSA) is 118 Å². The summed E-state index contributed by atoms with van der Waals surface area (Å²) in [6, 6.07) is 14.5. The number of nitrogens with one attached hydrogen (secondary N) is 1. The number of ketones is 1. The van der Waals surface area contributed by atoms with Crippen LogP contribution in [0.15, 0.2) is 48.5 Å². The van der Waals surface area contributed by atoms with E-state index in [1.54, 1.807) is 0 Å². The lowest BCUT2D eigenvalue weighted by Crippen LogP contribution is -2.46. The van der Waals surface area contributed by atoms with Crippen LogP contribution in [0.25, 0.3) is 0 Å². The number of non-ortho nitro benzene ring substituents is 1. The maximum absolute atomic E-state index is 12.8. The van der Waals surface area contributed by atoms with Gasteiger partial charge in [0.05, 0.1) is 4.92 Å². The number of hydrogen-bond acceptors (Lipinski definition) is 9. The summed E-state index contributed by atoms with van der Waals surface area (Å²) in [5, 5.41) is 14.6. The first-order valence-corrected chi connectivity index (χ1v) is 13.2. The lowest BCUT2D eigenvalue weighted by molar-refractivity contribution is -0.384. The maximum atomic E-state index is 12.8. The van der Waals surface area contributed by atoms with E-state index in [0.29, 0.717) is 15.6 Å². The molecule has 2 fully saturated rings. The van der Waals surface area contributed by atoms with Crippen LogP contribution in [0.4, 0.5) is 28.0 Å². The van der Waals surface area contributed by atoms with E-state index in [2.05, 4.69) is 32.2 Å². The SMILES string of the molecule is Nc1nc(Nc2ccc(N3CCC(N4CCCCC4)CC3)cc2)sc1C(=O)c1ccc([N+](=O)[O-])cc1. The van der Waals surface area contributed by atoms with Gasteiger partial charge in [0.15, 0.2) is 5.13 Å². The first-order valence-electron chi connectivity index (χ1n) is 12.4. The smallest absolute Gasteiger partial charge is 0.269 e. The summed E-state index contributed by atoms with van der Waals surface area (Å²) in [7, 11) is 0. The molecule has 2 aliphatic heterocycles. The molecule has 0 spiro atoms. The molecule has 3 N–H and O–H groups in total. The number of piperidine rings is 2. The first kappa shape index (κ1) is 24.2. The number of benzene rings is 2. The molecule has 36 heavy (non-hydrogen) atoms. The Labute approximate surface area is 214 Å². The number of aromatic nitrogens is 1. The normalized spacial score (nSPS) is 17.2. The lowest BCUT2D eigenvalue weighted by atomic mass is 9.99. The number of carbonyl (C=O) groups excluding carboxylic acids is 1. The molecule has 0 bridgehead atoms. The van der Waals surface area contributed by atoms with Crippen LogP contribution in [0, 0.1) is 10.1 Å². The van der Waals surface area contributed by atoms with Gasteiger partial charge in [0.25, 0.3) is 5.69 Å². The summed E-state index contributed by atoms with van der Waals surface area (Å²) >= 11 is 1.17. The van der Waals surface area contributed by atoms with Crippen molar-refractivity contribution in [2.75, 3.05) is 42.1 Å². The molecule has 1 aromatic heterocycles. The molecule has 0 amide bonds. The highest BCUT2D eigenvalue weighted by Gasteiger charge is 2.25. The molecular weight excluding hydrogens is 476 g/mol. The van der Waals surface area contributed by atoms with E-state index in [-0.39, 0.29) is 17.3 Å². The Morgan fingerprint density at radius 3 is 2.31 bits per heavy atom. The molecule has 0 aliphatic carbocycles. The van der Waals surface area contributed by atoms with Gasteiger partial charge in [-0.1, -0.05) is 17.8 Å². The van der Waals surface area contributed by atoms with Crippen molar-refractivity contribution in [3.05, 3.63) is 69.1 Å². The molecule has 2 saturated heterocycles. The number of nitro groups is 1. The number of rotatable bonds is 7. The maximum Gasteiger partial charge on any atom is 0.269 e. The van der Waals surface area contributed by atoms with Crippen LogP contribution < -0.4 is 16.0 Å². The van der Waals surface area contributed by atoms with E-state index < -0.39 is 4.92 Å². The Bertz CT molecular complexity index is 1210. The molecule has 2 aromatic carbocycles. The number of nitrogens with zero attached hydrogens (tertiary/aromatic N) is 4. The number of hydrogen-bond donors (Lipinski definition) is 2. The number of likely N-dealkylation sites (tertiary alicyclic amines) is 1. The molecule has 3 heterocycles. The van der Waals surface area contributed by atoms with Gasteiger partial charge < -0.3 is 20.9 Å². The lowest BCUT2D eigenvalue weighted by Gasteiger charge is -2.41. The molecule has 3 aromatic rings. The molecule has 9 nitrogen and oxygen atoms in total. The van der Waals surface area contributed by atoms with Crippen LogP contribution in [0.2, 0.25) is 0 Å². The number of thiazole rings is 1. The summed E-state index contributed by atoms with van der Waals surface area (Å²) < 4.78 is 0. The summed E-state index contributed by atoms with van der Waals surface area (Å²) in [5.41, 5.74) is 8.36. The summed E-state index contributed by atoms with van der Waals surface area (Å²) in [4.78, 5) is 32.9. The number of nitro benzene ring substituents is 1. The van der Waals surface area contributed by atoms with Crippen LogP contribution in [0.3, 0.4) is 0 Å². The second-order valence-electron chi connectivity index (χ2n) is 9.35. The van der Waals surface area contributed by atoms with Gasteiger partial charge in [0, 0.05) is 48.2 Å². The molecule has 0 radical (unpaired) electrons. The Kier molecular flexibility index (Phi) is 7.15. The van der Waals surface area contributed by atoms with Crippen molar-refractivity contribution in [2.24, 2.45) is 0 Å². The quantitative estimate of drug-likeness (QED) is 0.259. The average Bonchev–Trinajstić information content (AvgIpc) is 3.29. The highest BCUT2D eigenvalue weighted by atomic mass is 32.1. The van der Waals surface area contributed by atoms with Gasteiger partial charge in [-0.15, -0.1) is 0 Å². The predicted molar refractivity (Wildman–Crippen MR) is 143 cm³/mol. The Morgan fingerprint density at radius 1 is 1.00 bits per heavy atom. The summed E-state index contributed by atoms with van der Waals surface area (Å²) in [6.45, 7) is 4.66. The third kappa shape index (κ3) is 5.34. The van der Waals surface area contributed by atoms with Gasteiger partial charge in [0.2, 0.25) is 5.78 Å². The highest BCUT2D eigenvalue weighted by Crippen LogP contribution is 2.31. The van der Waals surface area contributed by atoms with E-state index in [1.807, 2.05) is 12.1 Å². The summed E-state index contributed by atoms with van der Waals surface area (Å²) in [5.74, 6) is -0.171. The van der Waals surface area contributed by atoms with Crippen molar-refractivity contribution >= 4 is 45.1 Å². The Morgan fingerprint density at radius 2 is 1.67 bits per heavy atom. The zero-order chi connectivity index (χ0) is 25.1. The van der Waals surface area contributed by atoms with E-state index in [4.69, 9.17) is 5.73 Å². The van der Waals surface area contributed by atoms with E-state index in [0.717, 1.165) is 24.8 Å². The van der Waals surface area contributed by atoms with Crippen LogP contribution in [-0.4, -0.2) is 52.8 Å². The highest BCUT2D eigenvalue weighted by molar-refractivity contribution is 7.18. The standard InChI is InChI=1S/C26H30N6O3S/c27-25-24(23(33)18-4-8-22(9-5-18)32(34)35)36-26(29-25)28-19-6-10-20(11-7-19)31-16-12-21(13-17-31)30-14-2-1-3-15-30/h4-11,21H,1-3,12-17,27H2,(H,28,29). The monoisotopic (exact) mass is 506 g/mol. The first-order chi connectivity index (χ1) is 17.5. The molecular formula is C26H30N6O3S. The molecule has 2 aliphatic rings. The van der Waals surface area contributed by atoms with Crippen molar-refractivity contribution < 1.29 is 9.72 Å². The molecule has 188 valence electrons. The zero-order valence-corrected chi connectivity index (χ0v) is 20.9. The second-order valence-corrected chi connectivity index (χ2v) is 10.4. The molecule has 5 rings (SSSR count). The largest absolute Gasteiger partial charge is 0.382 e. The van der Waals surface area contributed by atoms with Gasteiger partial charge in [-0.2, -0.15) is 0 Å². The Hall–Kier alpha value is -3.50. The van der Waals surface area contributed by atoms with Crippen molar-refractivity contribution in [1.82, 2.24) is 9.88 Å². The minimum Gasteiger partial charge on any atom is -0.382 e. The van der Waals surface area contributed by atoms with Gasteiger partial charge >= 0.3 is 0 Å². The van der Waals surface area contributed by atoms with Crippen LogP contribution in [0.5, 0.6) is 0 Å². The summed E-state index contributed by atoms with van der Waals surface area (Å²) in [6.07, 6.45) is 6.48. The second kappa shape index (κ2) is 10.6. The third-order valence-electron chi connectivity index (χ3n) is 7.06. The van der Waals surface area contributed by atoms with Crippen molar-refractivity contribution in [1.29, 1.82) is 0 Å². The van der Waals surface area contributed by atoms with Gasteiger partial charge in [0.1, 0.15) is 10.7 Å². The number of nitrogen functional groups attached to an aromatic ring is 1. The zero-order valence-electron chi connectivity index (χ0n) is 20.1. The van der Waals surface area contributed by atoms with Crippen LogP contribution >= 0.6 is 11.3 Å². The van der Waals surface area contributed by atoms with Crippen LogP contribution in [0.1, 0.15) is 47.3 Å². The molecule has 10 heteroatoms. The van der Waals surface area contributed by atoms with Crippen molar-refractivity contribution in [3.63, 3.8) is 0 Å². The van der Waals surface area contributed by atoms with E-state index >= 15 is 0 Å². The average molecular weight is 507 g/mol. The minimum absolute atomic E-state index is 0.0685. The van der Waals surface area contributed by atoms with E-state index in [1.165, 1.54) is 86.5 Å². The minimum atomic E-state index is -0.500. The number of nitrogens with two attached hydrogens (primary N) is 1. The van der Waals surface area contributed by atoms with Crippen molar-refractivity contribution in [3.8, 4) is 0 Å². The fraction of sp³-hybridized carbons (Fsp3) is 0.385. The number of anilines is 4. The van der Waals surface area contributed by atoms with Gasteiger partial charge in [-0.05, 0) is 75.2 Å². The van der Waals surface area contributed by atoms with Crippen molar-refractivity contribution in [2.45, 2.75) is 38.1 Å².